The maximum absolute atomic E-state index is 11.5. The quantitative estimate of drug-likeness (QED) is 0.580. The van der Waals surface area contributed by atoms with Gasteiger partial charge in [-0.15, -0.1) is 0 Å². The molecule has 18 heavy (non-hydrogen) atoms. The summed E-state index contributed by atoms with van der Waals surface area (Å²) in [6, 6.07) is -0.458. The van der Waals surface area contributed by atoms with Crippen LogP contribution < -0.4 is 10.6 Å². The summed E-state index contributed by atoms with van der Waals surface area (Å²) in [6.07, 6.45) is 0.882. The molecule has 3 amide bonds. The van der Waals surface area contributed by atoms with E-state index in [0.29, 0.717) is 25.6 Å². The summed E-state index contributed by atoms with van der Waals surface area (Å²) in [5.41, 5.74) is 0. The second-order valence-electron chi connectivity index (χ2n) is 4.58. The number of rotatable bonds is 8. The second kappa shape index (κ2) is 9.85. The van der Waals surface area contributed by atoms with Gasteiger partial charge in [0, 0.05) is 13.1 Å². The Kier molecular flexibility index (Phi) is 9.22. The molecule has 106 valence electrons. The van der Waals surface area contributed by atoms with E-state index in [4.69, 9.17) is 5.11 Å². The number of likely N-dealkylation sites (N-methyl/N-ethyl adjacent to an activating group) is 1. The third-order valence-corrected chi connectivity index (χ3v) is 2.49. The fourth-order valence-corrected chi connectivity index (χ4v) is 1.38. The first kappa shape index (κ1) is 16.9. The molecule has 0 saturated heterocycles. The molecule has 0 atom stereocenters. The molecule has 0 rings (SSSR count). The number of carbonyl (C=O) groups excluding carboxylic acids is 2. The summed E-state index contributed by atoms with van der Waals surface area (Å²) in [7, 11) is 0. The topological polar surface area (TPSA) is 81.7 Å². The van der Waals surface area contributed by atoms with Crippen LogP contribution >= 0.6 is 0 Å². The predicted octanol–water partition coefficient (Wildman–Crippen LogP) is 0.173. The highest BCUT2D eigenvalue weighted by molar-refractivity contribution is 5.95. The zero-order valence-corrected chi connectivity index (χ0v) is 11.5. The van der Waals surface area contributed by atoms with Gasteiger partial charge in [0.15, 0.2) is 0 Å². The number of urea groups is 1. The van der Waals surface area contributed by atoms with Crippen LogP contribution in [0.2, 0.25) is 0 Å². The van der Waals surface area contributed by atoms with Crippen molar-refractivity contribution >= 4 is 11.9 Å². The van der Waals surface area contributed by atoms with Crippen LogP contribution in [-0.4, -0.2) is 54.7 Å². The molecule has 0 aromatic rings. The van der Waals surface area contributed by atoms with Crippen LogP contribution in [0.25, 0.3) is 0 Å². The van der Waals surface area contributed by atoms with Gasteiger partial charge in [0.1, 0.15) is 0 Å². The molecule has 0 radical (unpaired) electrons. The maximum atomic E-state index is 11.5. The van der Waals surface area contributed by atoms with Crippen molar-refractivity contribution in [1.29, 1.82) is 0 Å². The molecule has 0 fully saturated rings. The standard InChI is InChI=1S/C12H25N3O3/c1-4-15(7-8-16)9-11(17)14-12(18)13-6-5-10(2)3/h10,16H,4-9H2,1-3H3,(H2,13,14,17,18). The Hall–Kier alpha value is -1.14. The summed E-state index contributed by atoms with van der Waals surface area (Å²) >= 11 is 0. The molecule has 0 spiro atoms. The van der Waals surface area contributed by atoms with Crippen molar-refractivity contribution in [2.45, 2.75) is 27.2 Å². The Labute approximate surface area is 109 Å². The minimum Gasteiger partial charge on any atom is -0.395 e. The maximum Gasteiger partial charge on any atom is 0.321 e. The number of amides is 3. The van der Waals surface area contributed by atoms with Crippen LogP contribution in [0.1, 0.15) is 27.2 Å². The molecular formula is C12H25N3O3. The van der Waals surface area contributed by atoms with E-state index in [1.165, 1.54) is 0 Å². The van der Waals surface area contributed by atoms with Gasteiger partial charge < -0.3 is 10.4 Å². The Bertz CT molecular complexity index is 257. The molecule has 0 aliphatic carbocycles. The van der Waals surface area contributed by atoms with Crippen molar-refractivity contribution in [3.8, 4) is 0 Å². The van der Waals surface area contributed by atoms with Crippen LogP contribution in [-0.2, 0) is 4.79 Å². The molecule has 0 unspecified atom stereocenters. The van der Waals surface area contributed by atoms with Gasteiger partial charge in [-0.2, -0.15) is 0 Å². The van der Waals surface area contributed by atoms with Gasteiger partial charge in [-0.25, -0.2) is 4.79 Å². The van der Waals surface area contributed by atoms with E-state index in [0.717, 1.165) is 6.42 Å². The van der Waals surface area contributed by atoms with Crippen molar-refractivity contribution in [2.24, 2.45) is 5.92 Å². The van der Waals surface area contributed by atoms with Crippen molar-refractivity contribution in [2.75, 3.05) is 32.8 Å². The molecule has 0 bridgehead atoms. The predicted molar refractivity (Wildman–Crippen MR) is 70.2 cm³/mol. The van der Waals surface area contributed by atoms with Gasteiger partial charge in [0.25, 0.3) is 0 Å². The average Bonchev–Trinajstić information content (AvgIpc) is 2.27. The Morgan fingerprint density at radius 2 is 2.00 bits per heavy atom. The van der Waals surface area contributed by atoms with Crippen LogP contribution in [0, 0.1) is 5.92 Å². The highest BCUT2D eigenvalue weighted by Gasteiger charge is 2.11. The van der Waals surface area contributed by atoms with E-state index < -0.39 is 6.03 Å². The van der Waals surface area contributed by atoms with Crippen LogP contribution in [0.5, 0.6) is 0 Å². The van der Waals surface area contributed by atoms with Gasteiger partial charge in [-0.1, -0.05) is 20.8 Å². The fraction of sp³-hybridized carbons (Fsp3) is 0.833. The summed E-state index contributed by atoms with van der Waals surface area (Å²) in [6.45, 7) is 7.80. The van der Waals surface area contributed by atoms with Crippen molar-refractivity contribution in [3.05, 3.63) is 0 Å². The molecule has 0 aromatic carbocycles. The number of hydrogen-bond donors (Lipinski definition) is 3. The normalized spacial score (nSPS) is 10.8. The zero-order valence-electron chi connectivity index (χ0n) is 11.5. The summed E-state index contributed by atoms with van der Waals surface area (Å²) < 4.78 is 0. The van der Waals surface area contributed by atoms with Gasteiger partial charge in [-0.05, 0) is 18.9 Å². The average molecular weight is 259 g/mol. The first-order chi connectivity index (χ1) is 8.49. The number of nitrogens with zero attached hydrogens (tertiary/aromatic N) is 1. The number of aliphatic hydroxyl groups is 1. The molecule has 0 saturated carbocycles. The van der Waals surface area contributed by atoms with Gasteiger partial charge >= 0.3 is 6.03 Å². The van der Waals surface area contributed by atoms with E-state index >= 15 is 0 Å². The molecule has 6 heteroatoms. The zero-order chi connectivity index (χ0) is 14.0. The third kappa shape index (κ3) is 8.95. The monoisotopic (exact) mass is 259 g/mol. The molecule has 0 aliphatic rings. The fourth-order valence-electron chi connectivity index (χ4n) is 1.38. The first-order valence-electron chi connectivity index (χ1n) is 6.40. The highest BCUT2D eigenvalue weighted by atomic mass is 16.3. The van der Waals surface area contributed by atoms with Crippen LogP contribution in [0.3, 0.4) is 0 Å². The molecule has 3 N–H and O–H groups in total. The largest absolute Gasteiger partial charge is 0.395 e. The first-order valence-corrected chi connectivity index (χ1v) is 6.40. The number of hydrogen-bond acceptors (Lipinski definition) is 4. The molecule has 0 aliphatic heterocycles. The van der Waals surface area contributed by atoms with Crippen LogP contribution in [0.4, 0.5) is 4.79 Å². The van der Waals surface area contributed by atoms with Gasteiger partial charge in [0.2, 0.25) is 5.91 Å². The van der Waals surface area contributed by atoms with E-state index in [1.54, 1.807) is 4.90 Å². The third-order valence-electron chi connectivity index (χ3n) is 2.49. The molecule has 0 aromatic heterocycles. The summed E-state index contributed by atoms with van der Waals surface area (Å²) in [4.78, 5) is 24.6. The lowest BCUT2D eigenvalue weighted by molar-refractivity contribution is -0.121. The van der Waals surface area contributed by atoms with E-state index in [9.17, 15) is 9.59 Å². The lowest BCUT2D eigenvalue weighted by Crippen LogP contribution is -2.45. The van der Waals surface area contributed by atoms with E-state index in [-0.39, 0.29) is 19.1 Å². The SMILES string of the molecule is CCN(CCO)CC(=O)NC(=O)NCCC(C)C. The Morgan fingerprint density at radius 1 is 1.33 bits per heavy atom. The lowest BCUT2D eigenvalue weighted by atomic mass is 10.1. The smallest absolute Gasteiger partial charge is 0.321 e. The van der Waals surface area contributed by atoms with Gasteiger partial charge in [-0.3, -0.25) is 15.0 Å². The Balaban J connectivity index is 3.82. The minimum atomic E-state index is -0.458. The van der Waals surface area contributed by atoms with Crippen molar-refractivity contribution in [1.82, 2.24) is 15.5 Å². The number of nitrogens with one attached hydrogen (secondary N) is 2. The molecule has 6 nitrogen and oxygen atoms in total. The minimum absolute atomic E-state index is 0.00169. The number of imide groups is 1. The van der Waals surface area contributed by atoms with E-state index in [2.05, 4.69) is 24.5 Å². The molecular weight excluding hydrogens is 234 g/mol. The molecule has 0 heterocycles. The van der Waals surface area contributed by atoms with Gasteiger partial charge in [0.05, 0.1) is 13.2 Å². The lowest BCUT2D eigenvalue weighted by Gasteiger charge is -2.18. The Morgan fingerprint density at radius 3 is 2.50 bits per heavy atom. The number of carbonyl (C=O) groups is 2. The summed E-state index contributed by atoms with van der Waals surface area (Å²) in [5, 5.41) is 13.7. The number of aliphatic hydroxyl groups excluding tert-OH is 1. The van der Waals surface area contributed by atoms with Crippen LogP contribution in [0.15, 0.2) is 0 Å². The van der Waals surface area contributed by atoms with Crippen molar-refractivity contribution < 1.29 is 14.7 Å². The second-order valence-corrected chi connectivity index (χ2v) is 4.58. The highest BCUT2D eigenvalue weighted by Crippen LogP contribution is 1.95. The summed E-state index contributed by atoms with van der Waals surface area (Å²) in [5.74, 6) is 0.161. The van der Waals surface area contributed by atoms with Crippen molar-refractivity contribution in [3.63, 3.8) is 0 Å². The van der Waals surface area contributed by atoms with E-state index in [1.807, 2.05) is 6.92 Å².